The minimum atomic E-state index is -1.99. The van der Waals surface area contributed by atoms with Crippen LogP contribution in [0, 0.1) is 80.2 Å². The number of benzene rings is 4. The Kier molecular flexibility index (Phi) is 4.36. The average Bonchev–Trinajstić information content (AvgIpc) is 3.53. The number of hydrogen-bond donors (Lipinski definition) is 0. The lowest BCUT2D eigenvalue weighted by atomic mass is 9.91. The van der Waals surface area contributed by atoms with E-state index in [0.29, 0.717) is 0 Å². The number of oxazole rings is 2. The molecule has 0 radical (unpaired) electrons. The summed E-state index contributed by atoms with van der Waals surface area (Å²) in [5.74, 6) is -10.9. The first kappa shape index (κ1) is 22.6. The largest absolute Gasteiger partial charge is 0.434 e. The van der Waals surface area contributed by atoms with Crippen LogP contribution in [0.2, 0.25) is 0 Å². The Morgan fingerprint density at radius 3 is 1.11 bits per heavy atom. The van der Waals surface area contributed by atoms with Crippen LogP contribution in [0.25, 0.3) is 65.7 Å². The van der Waals surface area contributed by atoms with Crippen LogP contribution in [0.4, 0.5) is 26.3 Å². The van der Waals surface area contributed by atoms with E-state index in [9.17, 15) is 0 Å². The van der Waals surface area contributed by atoms with E-state index in [0.717, 1.165) is 0 Å². The summed E-state index contributed by atoms with van der Waals surface area (Å²) in [6.45, 7) is 0. The van der Waals surface area contributed by atoms with E-state index in [1.54, 1.807) is 0 Å². The van der Waals surface area contributed by atoms with Gasteiger partial charge in [0.2, 0.25) is 11.1 Å². The molecule has 0 aliphatic carbocycles. The summed E-state index contributed by atoms with van der Waals surface area (Å²) >= 11 is 0. The van der Waals surface area contributed by atoms with Gasteiger partial charge in [-0.05, 0) is 0 Å². The van der Waals surface area contributed by atoms with Gasteiger partial charge < -0.3 is 8.83 Å². The number of halogens is 6. The number of fused-ring (bicyclic) bond motifs is 4. The molecule has 0 N–H and O–H groups in total. The first-order chi connectivity index (χ1) is 18.2. The van der Waals surface area contributed by atoms with Crippen molar-refractivity contribution < 1.29 is 35.2 Å². The molecule has 0 aliphatic rings. The van der Waals surface area contributed by atoms with Gasteiger partial charge in [-0.2, -0.15) is 21.0 Å². The van der Waals surface area contributed by atoms with Gasteiger partial charge in [0.25, 0.3) is 0 Å². The van der Waals surface area contributed by atoms with Gasteiger partial charge in [0.1, 0.15) is 35.3 Å². The zero-order valence-electron chi connectivity index (χ0n) is 17.8. The second-order valence-electron chi connectivity index (χ2n) is 7.72. The lowest BCUT2D eigenvalue weighted by Gasteiger charge is -2.15. The van der Waals surface area contributed by atoms with Crippen molar-refractivity contribution in [3.05, 3.63) is 46.0 Å². The van der Waals surface area contributed by atoms with Crippen LogP contribution in [-0.4, -0.2) is 9.97 Å². The summed E-state index contributed by atoms with van der Waals surface area (Å²) in [5.41, 5.74) is -6.88. The Hall–Kier alpha value is -5.86. The molecule has 0 atom stereocenters. The van der Waals surface area contributed by atoms with E-state index in [-0.39, 0.29) is 0 Å². The minimum absolute atomic E-state index is 0.793. The van der Waals surface area contributed by atoms with Gasteiger partial charge in [-0.15, -0.1) is 0 Å². The van der Waals surface area contributed by atoms with E-state index in [4.69, 9.17) is 29.9 Å². The van der Waals surface area contributed by atoms with Gasteiger partial charge in [0, 0.05) is 10.8 Å². The Morgan fingerprint density at radius 1 is 0.474 bits per heavy atom. The van der Waals surface area contributed by atoms with Crippen molar-refractivity contribution in [1.82, 2.24) is 9.97 Å². The van der Waals surface area contributed by atoms with Crippen LogP contribution in [0.1, 0.15) is 0 Å². The first-order valence-corrected chi connectivity index (χ1v) is 9.99. The number of rotatable bonds is 0. The fourth-order valence-corrected chi connectivity index (χ4v) is 4.44. The normalized spacial score (nSPS) is 11.3. The minimum Gasteiger partial charge on any atom is -0.434 e. The van der Waals surface area contributed by atoms with E-state index < -0.39 is 112 Å². The maximum atomic E-state index is 15.6. The number of aromatic nitrogens is 2. The van der Waals surface area contributed by atoms with Crippen LogP contribution in [0.3, 0.4) is 0 Å². The van der Waals surface area contributed by atoms with Crippen molar-refractivity contribution in [2.75, 3.05) is 0 Å². The molecule has 2 aromatic heterocycles. The van der Waals surface area contributed by atoms with Gasteiger partial charge in [0.15, 0.2) is 57.2 Å². The van der Waals surface area contributed by atoms with Crippen molar-refractivity contribution >= 4 is 65.7 Å². The summed E-state index contributed by atoms with van der Waals surface area (Å²) in [6, 6.07) is 5.62. The molecular weight excluding hydrogens is 518 g/mol. The van der Waals surface area contributed by atoms with E-state index in [1.165, 1.54) is 24.3 Å². The second kappa shape index (κ2) is 7.33. The van der Waals surface area contributed by atoms with Gasteiger partial charge >= 0.3 is 0 Å². The highest BCUT2D eigenvalue weighted by Crippen LogP contribution is 2.47. The maximum absolute atomic E-state index is 15.6. The van der Waals surface area contributed by atoms with Crippen molar-refractivity contribution in [1.29, 1.82) is 21.0 Å². The quantitative estimate of drug-likeness (QED) is 0.216. The van der Waals surface area contributed by atoms with Crippen LogP contribution < -0.4 is 11.1 Å². The molecule has 2 heterocycles. The van der Waals surface area contributed by atoms with Crippen molar-refractivity contribution in [3.63, 3.8) is 0 Å². The lowest BCUT2D eigenvalue weighted by Crippen LogP contribution is -2.04. The third kappa shape index (κ3) is 2.45. The Balaban J connectivity index is 2.06. The molecule has 8 nitrogen and oxygen atoms in total. The molecule has 6 rings (SSSR count). The van der Waals surface area contributed by atoms with Crippen LogP contribution in [0.15, 0.2) is 8.83 Å². The van der Waals surface area contributed by atoms with E-state index in [2.05, 4.69) is 9.97 Å². The SMILES string of the molecule is N#CC(C#N)=c1nc2c(F)c3c(F)c(F)c4c(F)c5nc(=C(C#N)C#N)oc5c5c(F)c(F)c(c2o1)c3c45. The lowest BCUT2D eigenvalue weighted by molar-refractivity contribution is 0.512. The fourth-order valence-electron chi connectivity index (χ4n) is 4.44. The monoisotopic (exact) mass is 518 g/mol. The Labute approximate surface area is 202 Å². The van der Waals surface area contributed by atoms with Crippen LogP contribution >= 0.6 is 0 Å². The second-order valence-corrected chi connectivity index (χ2v) is 7.72. The highest BCUT2D eigenvalue weighted by atomic mass is 19.2. The summed E-state index contributed by atoms with van der Waals surface area (Å²) in [4.78, 5) is 7.12. The molecule has 0 unspecified atom stereocenters. The maximum Gasteiger partial charge on any atom is 0.249 e. The van der Waals surface area contributed by atoms with Gasteiger partial charge in [-0.3, -0.25) is 0 Å². The molecule has 14 heteroatoms. The molecule has 0 saturated carbocycles. The highest BCUT2D eigenvalue weighted by molar-refractivity contribution is 6.32. The zero-order chi connectivity index (χ0) is 27.2. The Bertz CT molecular complexity index is 2210. The van der Waals surface area contributed by atoms with Gasteiger partial charge in [-0.25, -0.2) is 36.3 Å². The molecule has 180 valence electrons. The van der Waals surface area contributed by atoms with Gasteiger partial charge in [-0.1, -0.05) is 0 Å². The summed E-state index contributed by atoms with van der Waals surface area (Å²) in [5, 5.41) is 30.1. The number of nitrogens with zero attached hydrogens (tertiary/aromatic N) is 6. The molecule has 0 aliphatic heterocycles. The standard InChI is InChI=1S/C24F6N6O2/c25-13-9-7-8-10(14(13)26)18(30)20-22(38-24(36-20)6(3-33)4-34)12(8)16(28)15(27)11(7)21-19(17(9)29)35-23(37-21)5(1-31)2-32. The molecule has 0 saturated heterocycles. The molecule has 6 aromatic rings. The molecule has 4 aromatic carbocycles. The van der Waals surface area contributed by atoms with E-state index >= 15 is 26.3 Å². The third-order valence-corrected chi connectivity index (χ3v) is 5.95. The third-order valence-electron chi connectivity index (χ3n) is 5.95. The molecule has 0 amide bonds. The average molecular weight is 518 g/mol. The summed E-state index contributed by atoms with van der Waals surface area (Å²) in [7, 11) is 0. The zero-order valence-corrected chi connectivity index (χ0v) is 17.8. The highest BCUT2D eigenvalue weighted by Gasteiger charge is 2.34. The van der Waals surface area contributed by atoms with Crippen molar-refractivity contribution in [2.24, 2.45) is 0 Å². The summed E-state index contributed by atoms with van der Waals surface area (Å²) in [6.07, 6.45) is 0. The predicted octanol–water partition coefficient (Wildman–Crippen LogP) is 4.10. The van der Waals surface area contributed by atoms with Crippen LogP contribution in [-0.2, 0) is 0 Å². The number of hydrogen-bond acceptors (Lipinski definition) is 8. The molecule has 0 spiro atoms. The van der Waals surface area contributed by atoms with E-state index in [1.807, 2.05) is 0 Å². The van der Waals surface area contributed by atoms with Crippen molar-refractivity contribution in [2.45, 2.75) is 0 Å². The summed E-state index contributed by atoms with van der Waals surface area (Å²) < 4.78 is 103. The van der Waals surface area contributed by atoms with Crippen LogP contribution in [0.5, 0.6) is 0 Å². The topological polar surface area (TPSA) is 147 Å². The molecular formula is C24F6N6O2. The first-order valence-electron chi connectivity index (χ1n) is 9.99. The molecule has 0 fully saturated rings. The number of nitriles is 4. The van der Waals surface area contributed by atoms with Gasteiger partial charge in [0.05, 0.1) is 21.5 Å². The van der Waals surface area contributed by atoms with Crippen molar-refractivity contribution in [3.8, 4) is 24.3 Å². The smallest absolute Gasteiger partial charge is 0.249 e. The molecule has 0 bridgehead atoms. The molecule has 38 heavy (non-hydrogen) atoms. The Morgan fingerprint density at radius 2 is 0.789 bits per heavy atom. The predicted molar refractivity (Wildman–Crippen MR) is 114 cm³/mol. The fraction of sp³-hybridized carbons (Fsp3) is 0.